The average Bonchev–Trinajstić information content (AvgIpc) is 2.62. The molecular formula is C21H27NO4. The van der Waals surface area contributed by atoms with Crippen LogP contribution in [0.2, 0.25) is 0 Å². The van der Waals surface area contributed by atoms with E-state index < -0.39 is 0 Å². The number of pyridine rings is 1. The van der Waals surface area contributed by atoms with Crippen molar-refractivity contribution in [2.75, 3.05) is 6.61 Å². The van der Waals surface area contributed by atoms with Gasteiger partial charge < -0.3 is 14.4 Å². The minimum Gasteiger partial charge on any atom is -0.466 e. The Bertz CT molecular complexity index is 810. The van der Waals surface area contributed by atoms with E-state index in [2.05, 4.69) is 0 Å². The van der Waals surface area contributed by atoms with E-state index in [1.54, 1.807) is 23.8 Å². The molecular weight excluding hydrogens is 330 g/mol. The van der Waals surface area contributed by atoms with Gasteiger partial charge in [0.25, 0.3) is 5.56 Å². The fourth-order valence-corrected chi connectivity index (χ4v) is 3.06. The van der Waals surface area contributed by atoms with Crippen molar-refractivity contribution in [2.24, 2.45) is 0 Å². The first-order valence-electron chi connectivity index (χ1n) is 9.06. The highest BCUT2D eigenvalue weighted by Crippen LogP contribution is 2.29. The van der Waals surface area contributed by atoms with E-state index in [1.165, 1.54) is 0 Å². The highest BCUT2D eigenvalue weighted by molar-refractivity contribution is 5.71. The average molecular weight is 357 g/mol. The second-order valence-electron chi connectivity index (χ2n) is 6.40. The lowest BCUT2D eigenvalue weighted by molar-refractivity contribution is -0.143. The zero-order valence-corrected chi connectivity index (χ0v) is 15.7. The molecule has 0 amide bonds. The van der Waals surface area contributed by atoms with Crippen molar-refractivity contribution < 1.29 is 14.6 Å². The summed E-state index contributed by atoms with van der Waals surface area (Å²) in [7, 11) is 0. The zero-order valence-electron chi connectivity index (χ0n) is 15.7. The number of aliphatic hydroxyl groups is 1. The standard InChI is InChI=1S/C21H27NO4/c1-4-9-22-10-8-17(12-20(22)24)19(13-21(25)26-5-2)16-7-6-15(3)18(11-16)14-23/h6-8,10-12,19,23H,4-5,9,13-14H2,1-3H3. The maximum atomic E-state index is 12.4. The predicted molar refractivity (Wildman–Crippen MR) is 101 cm³/mol. The van der Waals surface area contributed by atoms with Crippen LogP contribution in [0.3, 0.4) is 0 Å². The highest BCUT2D eigenvalue weighted by Gasteiger charge is 2.20. The van der Waals surface area contributed by atoms with Gasteiger partial charge in [0.05, 0.1) is 19.6 Å². The van der Waals surface area contributed by atoms with Crippen molar-refractivity contribution in [2.45, 2.75) is 52.7 Å². The van der Waals surface area contributed by atoms with E-state index in [9.17, 15) is 14.7 Å². The summed E-state index contributed by atoms with van der Waals surface area (Å²) in [6, 6.07) is 9.25. The maximum absolute atomic E-state index is 12.4. The molecule has 0 saturated heterocycles. The Hall–Kier alpha value is -2.40. The summed E-state index contributed by atoms with van der Waals surface area (Å²) in [5.74, 6) is -0.592. The van der Waals surface area contributed by atoms with Crippen LogP contribution in [0.25, 0.3) is 0 Å². The van der Waals surface area contributed by atoms with E-state index in [-0.39, 0.29) is 30.5 Å². The molecule has 2 aromatic rings. The van der Waals surface area contributed by atoms with Crippen molar-refractivity contribution in [1.82, 2.24) is 4.57 Å². The molecule has 1 aromatic heterocycles. The molecule has 140 valence electrons. The number of carbonyl (C=O) groups is 1. The Labute approximate surface area is 154 Å². The van der Waals surface area contributed by atoms with E-state index >= 15 is 0 Å². The normalized spacial score (nSPS) is 12.0. The van der Waals surface area contributed by atoms with Gasteiger partial charge in [-0.2, -0.15) is 0 Å². The largest absolute Gasteiger partial charge is 0.466 e. The van der Waals surface area contributed by atoms with Gasteiger partial charge in [-0.25, -0.2) is 0 Å². The molecule has 0 fully saturated rings. The first kappa shape index (κ1) is 19.9. The van der Waals surface area contributed by atoms with Crippen molar-refractivity contribution in [3.63, 3.8) is 0 Å². The third-order valence-corrected chi connectivity index (χ3v) is 4.51. The van der Waals surface area contributed by atoms with Crippen LogP contribution in [0.5, 0.6) is 0 Å². The monoisotopic (exact) mass is 357 g/mol. The number of esters is 1. The summed E-state index contributed by atoms with van der Waals surface area (Å²) >= 11 is 0. The Balaban J connectivity index is 2.45. The lowest BCUT2D eigenvalue weighted by atomic mass is 9.87. The van der Waals surface area contributed by atoms with Crippen LogP contribution in [-0.4, -0.2) is 22.2 Å². The Kier molecular flexibility index (Phi) is 7.16. The second-order valence-corrected chi connectivity index (χ2v) is 6.40. The number of rotatable bonds is 8. The van der Waals surface area contributed by atoms with Gasteiger partial charge in [0, 0.05) is 24.7 Å². The summed E-state index contributed by atoms with van der Waals surface area (Å²) in [6.45, 7) is 6.65. The molecule has 5 nitrogen and oxygen atoms in total. The third kappa shape index (κ3) is 4.82. The van der Waals surface area contributed by atoms with Gasteiger partial charge in [0.2, 0.25) is 0 Å². The number of aromatic nitrogens is 1. The van der Waals surface area contributed by atoms with Crippen molar-refractivity contribution in [3.05, 3.63) is 69.1 Å². The molecule has 0 saturated carbocycles. The minimum absolute atomic E-state index is 0.0656. The Morgan fingerprint density at radius 2 is 1.92 bits per heavy atom. The van der Waals surface area contributed by atoms with E-state index in [4.69, 9.17) is 4.74 Å². The molecule has 5 heteroatoms. The van der Waals surface area contributed by atoms with Crippen LogP contribution in [-0.2, 0) is 22.7 Å². The van der Waals surface area contributed by atoms with Gasteiger partial charge in [0.1, 0.15) is 0 Å². The summed E-state index contributed by atoms with van der Waals surface area (Å²) < 4.78 is 6.78. The fourth-order valence-electron chi connectivity index (χ4n) is 3.06. The predicted octanol–water partition coefficient (Wildman–Crippen LogP) is 3.14. The van der Waals surface area contributed by atoms with Crippen molar-refractivity contribution in [1.29, 1.82) is 0 Å². The number of nitrogens with zero attached hydrogens (tertiary/aromatic N) is 1. The van der Waals surface area contributed by atoms with Crippen LogP contribution in [0.1, 0.15) is 54.9 Å². The van der Waals surface area contributed by atoms with Crippen LogP contribution < -0.4 is 5.56 Å². The van der Waals surface area contributed by atoms with E-state index in [0.29, 0.717) is 13.2 Å². The molecule has 0 spiro atoms. The summed E-state index contributed by atoms with van der Waals surface area (Å²) in [6.07, 6.45) is 2.81. The van der Waals surface area contributed by atoms with Crippen LogP contribution in [0.4, 0.5) is 0 Å². The molecule has 0 aliphatic rings. The Morgan fingerprint density at radius 1 is 1.19 bits per heavy atom. The van der Waals surface area contributed by atoms with E-state index in [1.807, 2.05) is 38.1 Å². The first-order chi connectivity index (χ1) is 12.5. The Morgan fingerprint density at radius 3 is 2.54 bits per heavy atom. The number of ether oxygens (including phenoxy) is 1. The number of aryl methyl sites for hydroxylation is 2. The summed E-state index contributed by atoms with van der Waals surface area (Å²) in [4.78, 5) is 24.5. The molecule has 1 heterocycles. The van der Waals surface area contributed by atoms with Gasteiger partial charge in [-0.1, -0.05) is 25.1 Å². The number of benzene rings is 1. The maximum Gasteiger partial charge on any atom is 0.306 e. The first-order valence-corrected chi connectivity index (χ1v) is 9.06. The molecule has 1 atom stereocenters. The fraction of sp³-hybridized carbons (Fsp3) is 0.429. The van der Waals surface area contributed by atoms with Crippen LogP contribution in [0, 0.1) is 6.92 Å². The van der Waals surface area contributed by atoms with Gasteiger partial charge in [-0.05, 0) is 48.6 Å². The minimum atomic E-state index is -0.304. The highest BCUT2D eigenvalue weighted by atomic mass is 16.5. The number of aliphatic hydroxyl groups excluding tert-OH is 1. The molecule has 26 heavy (non-hydrogen) atoms. The molecule has 1 aromatic carbocycles. The van der Waals surface area contributed by atoms with Crippen LogP contribution >= 0.6 is 0 Å². The molecule has 0 radical (unpaired) electrons. The molecule has 2 rings (SSSR count). The lowest BCUT2D eigenvalue weighted by Crippen LogP contribution is -2.21. The van der Waals surface area contributed by atoms with Gasteiger partial charge >= 0.3 is 5.97 Å². The smallest absolute Gasteiger partial charge is 0.306 e. The summed E-state index contributed by atoms with van der Waals surface area (Å²) in [5.41, 5.74) is 3.40. The van der Waals surface area contributed by atoms with Crippen molar-refractivity contribution in [3.8, 4) is 0 Å². The summed E-state index contributed by atoms with van der Waals surface area (Å²) in [5, 5.41) is 9.56. The third-order valence-electron chi connectivity index (χ3n) is 4.51. The van der Waals surface area contributed by atoms with Crippen molar-refractivity contribution >= 4 is 5.97 Å². The van der Waals surface area contributed by atoms with Crippen LogP contribution in [0.15, 0.2) is 41.3 Å². The lowest BCUT2D eigenvalue weighted by Gasteiger charge is -2.19. The quantitative estimate of drug-likeness (QED) is 0.737. The number of carbonyl (C=O) groups excluding carboxylic acids is 1. The van der Waals surface area contributed by atoms with Gasteiger partial charge in [-0.15, -0.1) is 0 Å². The topological polar surface area (TPSA) is 68.5 Å². The number of hydrogen-bond acceptors (Lipinski definition) is 4. The van der Waals surface area contributed by atoms with Gasteiger partial charge in [0.15, 0.2) is 0 Å². The van der Waals surface area contributed by atoms with Gasteiger partial charge in [-0.3, -0.25) is 9.59 Å². The molecule has 0 aliphatic carbocycles. The molecule has 1 unspecified atom stereocenters. The van der Waals surface area contributed by atoms with E-state index in [0.717, 1.165) is 28.7 Å². The second kappa shape index (κ2) is 9.34. The molecule has 0 bridgehead atoms. The number of hydrogen-bond donors (Lipinski definition) is 1. The molecule has 0 aliphatic heterocycles. The zero-order chi connectivity index (χ0) is 19.1. The molecule has 1 N–H and O–H groups in total. The SMILES string of the molecule is CCCn1ccc(C(CC(=O)OCC)c2ccc(C)c(CO)c2)cc1=O.